The predicted molar refractivity (Wildman–Crippen MR) is 170 cm³/mol. The average molecular weight is 652 g/mol. The van der Waals surface area contributed by atoms with Gasteiger partial charge in [0.15, 0.2) is 5.82 Å². The first-order valence-corrected chi connectivity index (χ1v) is 16.1. The molecule has 4 rings (SSSR count). The van der Waals surface area contributed by atoms with E-state index in [4.69, 9.17) is 0 Å². The molecule has 5 N–H and O–H groups in total. The summed E-state index contributed by atoms with van der Waals surface area (Å²) < 4.78 is 1.45. The van der Waals surface area contributed by atoms with E-state index in [-0.39, 0.29) is 75.5 Å². The normalized spacial score (nSPS) is 24.0. The van der Waals surface area contributed by atoms with E-state index >= 15 is 0 Å². The summed E-state index contributed by atoms with van der Waals surface area (Å²) in [5, 5.41) is 18.4. The highest BCUT2D eigenvalue weighted by molar-refractivity contribution is 5.92. The SMILES string of the molecule is Cc1nc2n(n1)CC(=O)NCCN(C(=O)[C@@H]1CCC(=O)N1)CCCC(=O)N[C@@H](C)C(=O)N[C@H](Cc1ccccc1)C(=O)N[C@H]2C(C)C. The van der Waals surface area contributed by atoms with Crippen LogP contribution in [0.5, 0.6) is 0 Å². The Hall–Kier alpha value is -4.82. The maximum atomic E-state index is 13.8. The smallest absolute Gasteiger partial charge is 0.245 e. The molecule has 0 spiro atoms. The molecule has 1 aromatic heterocycles. The van der Waals surface area contributed by atoms with E-state index in [0.717, 1.165) is 5.56 Å². The van der Waals surface area contributed by atoms with Crippen molar-refractivity contribution in [1.82, 2.24) is 46.2 Å². The Morgan fingerprint density at radius 3 is 2.32 bits per heavy atom. The maximum Gasteiger partial charge on any atom is 0.245 e. The van der Waals surface area contributed by atoms with Crippen LogP contribution in [0.4, 0.5) is 0 Å². The molecule has 254 valence electrons. The number of amides is 6. The van der Waals surface area contributed by atoms with E-state index in [1.165, 1.54) is 9.58 Å². The van der Waals surface area contributed by atoms with Crippen molar-refractivity contribution in [2.75, 3.05) is 19.6 Å². The van der Waals surface area contributed by atoms with Crippen LogP contribution in [-0.2, 0) is 41.7 Å². The summed E-state index contributed by atoms with van der Waals surface area (Å²) in [6.07, 6.45) is 1.15. The van der Waals surface area contributed by atoms with Crippen molar-refractivity contribution >= 4 is 35.4 Å². The fraction of sp³-hybridized carbons (Fsp3) is 0.562. The summed E-state index contributed by atoms with van der Waals surface area (Å²) in [5.74, 6) is -1.59. The zero-order chi connectivity index (χ0) is 34.1. The highest BCUT2D eigenvalue weighted by atomic mass is 16.2. The maximum absolute atomic E-state index is 13.8. The van der Waals surface area contributed by atoms with Gasteiger partial charge in [0.1, 0.15) is 30.5 Å². The summed E-state index contributed by atoms with van der Waals surface area (Å²) >= 11 is 0. The van der Waals surface area contributed by atoms with Crippen molar-refractivity contribution in [2.45, 2.75) is 90.5 Å². The monoisotopic (exact) mass is 651 g/mol. The van der Waals surface area contributed by atoms with E-state index in [1.54, 1.807) is 13.8 Å². The van der Waals surface area contributed by atoms with Crippen molar-refractivity contribution in [1.29, 1.82) is 0 Å². The Labute approximate surface area is 274 Å². The molecular formula is C32H45N9O6. The summed E-state index contributed by atoms with van der Waals surface area (Å²) in [7, 11) is 0. The minimum absolute atomic E-state index is 0.0310. The molecule has 0 unspecified atom stereocenters. The number of hydrogen-bond acceptors (Lipinski definition) is 8. The molecule has 0 aliphatic carbocycles. The third kappa shape index (κ3) is 9.83. The van der Waals surface area contributed by atoms with Gasteiger partial charge in [-0.05, 0) is 38.2 Å². The van der Waals surface area contributed by atoms with E-state index in [2.05, 4.69) is 36.7 Å². The summed E-state index contributed by atoms with van der Waals surface area (Å²) in [4.78, 5) is 84.0. The number of fused-ring (bicyclic) bond motifs is 1. The summed E-state index contributed by atoms with van der Waals surface area (Å²) in [6.45, 7) is 7.35. The zero-order valence-electron chi connectivity index (χ0n) is 27.4. The van der Waals surface area contributed by atoms with Crippen molar-refractivity contribution in [3.05, 3.63) is 47.5 Å². The minimum atomic E-state index is -0.979. The second-order valence-electron chi connectivity index (χ2n) is 12.4. The van der Waals surface area contributed by atoms with E-state index in [1.807, 2.05) is 44.2 Å². The standard InChI is InChI=1S/C32H45N9O6/c1-19(2)28-29-35-21(4)39-41(29)18-27(44)33-14-16-40(32(47)23-12-13-26(43)36-23)15-8-11-25(42)34-20(3)30(45)37-24(31(46)38-28)17-22-9-6-5-7-10-22/h5-7,9-10,19-20,23-24,28H,8,11-18H2,1-4H3,(H,33,44)(H,34,42)(H,36,43)(H,37,45)(H,38,46)/t20-,23-,24+,28-/m0/s1. The van der Waals surface area contributed by atoms with Crippen LogP contribution in [0.25, 0.3) is 0 Å². The van der Waals surface area contributed by atoms with Crippen molar-refractivity contribution in [3.8, 4) is 0 Å². The lowest BCUT2D eigenvalue weighted by Gasteiger charge is -2.27. The molecule has 2 aromatic rings. The first-order chi connectivity index (χ1) is 22.4. The van der Waals surface area contributed by atoms with E-state index < -0.39 is 41.9 Å². The highest BCUT2D eigenvalue weighted by Gasteiger charge is 2.32. The lowest BCUT2D eigenvalue weighted by Crippen LogP contribution is -2.54. The van der Waals surface area contributed by atoms with Gasteiger partial charge in [0.25, 0.3) is 0 Å². The zero-order valence-corrected chi connectivity index (χ0v) is 27.4. The van der Waals surface area contributed by atoms with Gasteiger partial charge in [0, 0.05) is 38.9 Å². The number of rotatable bonds is 4. The van der Waals surface area contributed by atoms with Gasteiger partial charge in [-0.3, -0.25) is 28.8 Å². The first kappa shape index (κ1) is 35.0. The van der Waals surface area contributed by atoms with Crippen LogP contribution in [0.3, 0.4) is 0 Å². The number of carbonyl (C=O) groups is 6. The second kappa shape index (κ2) is 16.1. The van der Waals surface area contributed by atoms with Gasteiger partial charge < -0.3 is 31.5 Å². The van der Waals surface area contributed by atoms with E-state index in [9.17, 15) is 28.8 Å². The molecule has 0 radical (unpaired) electrons. The first-order valence-electron chi connectivity index (χ1n) is 16.1. The van der Waals surface area contributed by atoms with Gasteiger partial charge in [0.2, 0.25) is 35.4 Å². The Bertz CT molecular complexity index is 1460. The van der Waals surface area contributed by atoms with Gasteiger partial charge in [-0.1, -0.05) is 44.2 Å². The van der Waals surface area contributed by atoms with Crippen molar-refractivity contribution < 1.29 is 28.8 Å². The third-order valence-electron chi connectivity index (χ3n) is 8.17. The molecule has 15 heteroatoms. The molecule has 1 fully saturated rings. The largest absolute Gasteiger partial charge is 0.353 e. The molecule has 6 amide bonds. The second-order valence-corrected chi connectivity index (χ2v) is 12.4. The predicted octanol–water partition coefficient (Wildman–Crippen LogP) is -0.351. The van der Waals surface area contributed by atoms with Crippen molar-refractivity contribution in [2.24, 2.45) is 5.92 Å². The summed E-state index contributed by atoms with van der Waals surface area (Å²) in [6, 6.07) is 6.03. The topological polar surface area (TPSA) is 197 Å². The Balaban J connectivity index is 1.60. The minimum Gasteiger partial charge on any atom is -0.353 e. The number of nitrogens with one attached hydrogen (secondary N) is 5. The molecule has 15 nitrogen and oxygen atoms in total. The van der Waals surface area contributed by atoms with Crippen molar-refractivity contribution in [3.63, 3.8) is 0 Å². The molecule has 47 heavy (non-hydrogen) atoms. The Morgan fingerprint density at radius 1 is 0.915 bits per heavy atom. The molecule has 2 aliphatic heterocycles. The number of carbonyl (C=O) groups excluding carboxylic acids is 6. The Morgan fingerprint density at radius 2 is 1.64 bits per heavy atom. The van der Waals surface area contributed by atoms with Crippen LogP contribution in [0.1, 0.15) is 69.7 Å². The lowest BCUT2D eigenvalue weighted by atomic mass is 10.0. The molecule has 1 saturated heterocycles. The summed E-state index contributed by atoms with van der Waals surface area (Å²) in [5.41, 5.74) is 0.826. The molecule has 4 atom stereocenters. The molecule has 1 aromatic carbocycles. The number of benzene rings is 1. The van der Waals surface area contributed by atoms with Crippen LogP contribution >= 0.6 is 0 Å². The lowest BCUT2D eigenvalue weighted by molar-refractivity contribution is -0.135. The molecule has 3 heterocycles. The fourth-order valence-corrected chi connectivity index (χ4v) is 5.64. The number of aromatic nitrogens is 3. The van der Waals surface area contributed by atoms with Gasteiger partial charge in [-0.25, -0.2) is 9.67 Å². The van der Waals surface area contributed by atoms with Gasteiger partial charge >= 0.3 is 0 Å². The number of nitrogens with zero attached hydrogens (tertiary/aromatic N) is 4. The molecule has 0 saturated carbocycles. The highest BCUT2D eigenvalue weighted by Crippen LogP contribution is 2.21. The fourth-order valence-electron chi connectivity index (χ4n) is 5.64. The number of aryl methyl sites for hydroxylation is 1. The van der Waals surface area contributed by atoms with Gasteiger partial charge in [-0.15, -0.1) is 0 Å². The molecule has 2 aliphatic rings. The van der Waals surface area contributed by atoms with Crippen LogP contribution in [-0.4, -0.2) is 92.9 Å². The van der Waals surface area contributed by atoms with Gasteiger partial charge in [-0.2, -0.15) is 5.10 Å². The molecular weight excluding hydrogens is 606 g/mol. The third-order valence-corrected chi connectivity index (χ3v) is 8.17. The Kier molecular flexibility index (Phi) is 12.0. The van der Waals surface area contributed by atoms with Gasteiger partial charge in [0.05, 0.1) is 6.04 Å². The van der Waals surface area contributed by atoms with Crippen LogP contribution in [0.2, 0.25) is 0 Å². The average Bonchev–Trinajstić information content (AvgIpc) is 3.62. The van der Waals surface area contributed by atoms with E-state index in [0.29, 0.717) is 18.1 Å². The van der Waals surface area contributed by atoms with Crippen LogP contribution < -0.4 is 26.6 Å². The number of hydrogen-bond donors (Lipinski definition) is 5. The quantitative estimate of drug-likeness (QED) is 0.296. The molecule has 0 bridgehead atoms. The van der Waals surface area contributed by atoms with Crippen LogP contribution in [0.15, 0.2) is 30.3 Å². The van der Waals surface area contributed by atoms with Crippen LogP contribution in [0, 0.1) is 12.8 Å².